The van der Waals surface area contributed by atoms with Gasteiger partial charge in [-0.05, 0) is 27.2 Å². The number of aryl methyl sites for hydroxylation is 3. The second kappa shape index (κ2) is 6.93. The number of carbonyl (C=O) groups is 1. The van der Waals surface area contributed by atoms with Gasteiger partial charge in [0.1, 0.15) is 0 Å². The Balaban J connectivity index is 1.64. The first-order valence-corrected chi connectivity index (χ1v) is 9.27. The highest BCUT2D eigenvalue weighted by Gasteiger charge is 2.22. The average Bonchev–Trinajstić information content (AvgIpc) is 2.95. The van der Waals surface area contributed by atoms with Crippen molar-refractivity contribution in [2.45, 2.75) is 33.6 Å². The number of aromatic nitrogens is 3. The van der Waals surface area contributed by atoms with E-state index in [0.717, 1.165) is 60.4 Å². The molecule has 6 nitrogen and oxygen atoms in total. The first-order chi connectivity index (χ1) is 11.5. The molecule has 3 heterocycles. The molecule has 24 heavy (non-hydrogen) atoms. The van der Waals surface area contributed by atoms with Crippen molar-refractivity contribution in [1.82, 2.24) is 19.7 Å². The monoisotopic (exact) mass is 347 g/mol. The van der Waals surface area contributed by atoms with Gasteiger partial charge < -0.3 is 9.80 Å². The number of anilines is 1. The standard InChI is InChI=1S/C17H25N5OS/c1-12-11-24-17(18-12)22-7-5-6-21(8-9-22)16(23)10-15-13(2)19-20(4)14(15)3/h11H,5-10H2,1-4H3. The van der Waals surface area contributed by atoms with Gasteiger partial charge in [-0.2, -0.15) is 5.10 Å². The fraction of sp³-hybridized carbons (Fsp3) is 0.588. The fourth-order valence-electron chi connectivity index (χ4n) is 3.18. The van der Waals surface area contributed by atoms with Crippen LogP contribution in [0.2, 0.25) is 0 Å². The second-order valence-corrected chi connectivity index (χ2v) is 7.28. The van der Waals surface area contributed by atoms with E-state index in [1.54, 1.807) is 11.3 Å². The third-order valence-corrected chi connectivity index (χ3v) is 5.73. The van der Waals surface area contributed by atoms with Gasteiger partial charge in [-0.25, -0.2) is 4.98 Å². The first-order valence-electron chi connectivity index (χ1n) is 8.39. The van der Waals surface area contributed by atoms with Gasteiger partial charge in [0, 0.05) is 49.9 Å². The van der Waals surface area contributed by atoms with Gasteiger partial charge in [0.2, 0.25) is 5.91 Å². The summed E-state index contributed by atoms with van der Waals surface area (Å²) < 4.78 is 1.85. The van der Waals surface area contributed by atoms with Crippen LogP contribution in [0.25, 0.3) is 0 Å². The third kappa shape index (κ3) is 3.45. The van der Waals surface area contributed by atoms with Crippen molar-refractivity contribution in [2.75, 3.05) is 31.1 Å². The Hall–Kier alpha value is -1.89. The van der Waals surface area contributed by atoms with E-state index >= 15 is 0 Å². The van der Waals surface area contributed by atoms with E-state index in [1.165, 1.54) is 0 Å². The van der Waals surface area contributed by atoms with Crippen LogP contribution in [0.15, 0.2) is 5.38 Å². The van der Waals surface area contributed by atoms with Crippen LogP contribution in [0.1, 0.15) is 29.1 Å². The topological polar surface area (TPSA) is 54.3 Å². The highest BCUT2D eigenvalue weighted by Crippen LogP contribution is 2.22. The predicted octanol–water partition coefficient (Wildman–Crippen LogP) is 2.08. The summed E-state index contributed by atoms with van der Waals surface area (Å²) in [5.41, 5.74) is 4.17. The Kier molecular flexibility index (Phi) is 4.89. The summed E-state index contributed by atoms with van der Waals surface area (Å²) in [5, 5.41) is 7.56. The molecular formula is C17H25N5OS. The lowest BCUT2D eigenvalue weighted by molar-refractivity contribution is -0.130. The molecule has 0 aliphatic carbocycles. The molecule has 1 fully saturated rings. The number of hydrogen-bond donors (Lipinski definition) is 0. The third-order valence-electron chi connectivity index (χ3n) is 4.71. The molecule has 1 aliphatic rings. The number of hydrogen-bond acceptors (Lipinski definition) is 5. The van der Waals surface area contributed by atoms with Gasteiger partial charge in [-0.1, -0.05) is 0 Å². The van der Waals surface area contributed by atoms with Crippen molar-refractivity contribution in [1.29, 1.82) is 0 Å². The van der Waals surface area contributed by atoms with Crippen molar-refractivity contribution in [2.24, 2.45) is 7.05 Å². The maximum Gasteiger partial charge on any atom is 0.227 e. The maximum atomic E-state index is 12.7. The summed E-state index contributed by atoms with van der Waals surface area (Å²) in [6, 6.07) is 0. The summed E-state index contributed by atoms with van der Waals surface area (Å²) in [6.07, 6.45) is 1.43. The Labute approximate surface area is 147 Å². The number of carbonyl (C=O) groups excluding carboxylic acids is 1. The fourth-order valence-corrected chi connectivity index (χ4v) is 4.04. The lowest BCUT2D eigenvalue weighted by atomic mass is 10.1. The Morgan fingerprint density at radius 3 is 2.62 bits per heavy atom. The van der Waals surface area contributed by atoms with E-state index in [2.05, 4.69) is 20.4 Å². The number of thiazole rings is 1. The molecule has 1 amide bonds. The van der Waals surface area contributed by atoms with Crippen LogP contribution in [-0.2, 0) is 18.3 Å². The van der Waals surface area contributed by atoms with Crippen molar-refractivity contribution in [3.8, 4) is 0 Å². The zero-order valence-corrected chi connectivity index (χ0v) is 15.7. The second-order valence-electron chi connectivity index (χ2n) is 6.44. The smallest absolute Gasteiger partial charge is 0.227 e. The van der Waals surface area contributed by atoms with Gasteiger partial charge in [-0.15, -0.1) is 11.3 Å². The molecule has 0 saturated carbocycles. The minimum absolute atomic E-state index is 0.200. The van der Waals surface area contributed by atoms with Gasteiger partial charge in [0.15, 0.2) is 5.13 Å². The molecule has 7 heteroatoms. The Morgan fingerprint density at radius 2 is 2.00 bits per heavy atom. The predicted molar refractivity (Wildman–Crippen MR) is 96.6 cm³/mol. The van der Waals surface area contributed by atoms with Crippen LogP contribution in [0.4, 0.5) is 5.13 Å². The lowest BCUT2D eigenvalue weighted by Crippen LogP contribution is -2.36. The number of rotatable bonds is 3. The zero-order chi connectivity index (χ0) is 17.3. The summed E-state index contributed by atoms with van der Waals surface area (Å²) >= 11 is 1.68. The highest BCUT2D eigenvalue weighted by atomic mass is 32.1. The van der Waals surface area contributed by atoms with Gasteiger partial charge >= 0.3 is 0 Å². The van der Waals surface area contributed by atoms with E-state index < -0.39 is 0 Å². The summed E-state index contributed by atoms with van der Waals surface area (Å²) in [5.74, 6) is 0.200. The van der Waals surface area contributed by atoms with Crippen LogP contribution in [0.5, 0.6) is 0 Å². The number of amides is 1. The zero-order valence-electron chi connectivity index (χ0n) is 14.9. The van der Waals surface area contributed by atoms with Crippen LogP contribution in [-0.4, -0.2) is 51.8 Å². The van der Waals surface area contributed by atoms with Gasteiger partial charge in [-0.3, -0.25) is 9.48 Å². The first kappa shape index (κ1) is 17.0. The number of nitrogens with zero attached hydrogens (tertiary/aromatic N) is 5. The Bertz CT molecular complexity index is 735. The van der Waals surface area contributed by atoms with Crippen molar-refractivity contribution in [3.63, 3.8) is 0 Å². The van der Waals surface area contributed by atoms with Crippen molar-refractivity contribution in [3.05, 3.63) is 28.0 Å². The summed E-state index contributed by atoms with van der Waals surface area (Å²) in [7, 11) is 1.93. The van der Waals surface area contributed by atoms with E-state index in [9.17, 15) is 4.79 Å². The van der Waals surface area contributed by atoms with E-state index in [1.807, 2.05) is 37.4 Å². The molecule has 0 atom stereocenters. The van der Waals surface area contributed by atoms with Crippen LogP contribution < -0.4 is 4.90 Å². The lowest BCUT2D eigenvalue weighted by Gasteiger charge is -2.22. The molecule has 130 valence electrons. The largest absolute Gasteiger partial charge is 0.346 e. The molecular weight excluding hydrogens is 322 g/mol. The quantitative estimate of drug-likeness (QED) is 0.853. The summed E-state index contributed by atoms with van der Waals surface area (Å²) in [6.45, 7) is 9.41. The molecule has 0 aromatic carbocycles. The van der Waals surface area contributed by atoms with Crippen molar-refractivity contribution < 1.29 is 4.79 Å². The molecule has 0 N–H and O–H groups in total. The maximum absolute atomic E-state index is 12.7. The van der Waals surface area contributed by atoms with Gasteiger partial charge in [0.25, 0.3) is 0 Å². The molecule has 1 saturated heterocycles. The van der Waals surface area contributed by atoms with Crippen LogP contribution in [0.3, 0.4) is 0 Å². The van der Waals surface area contributed by atoms with Crippen LogP contribution >= 0.6 is 11.3 Å². The molecule has 1 aliphatic heterocycles. The van der Waals surface area contributed by atoms with Crippen LogP contribution in [0, 0.1) is 20.8 Å². The van der Waals surface area contributed by atoms with E-state index in [0.29, 0.717) is 6.42 Å². The Morgan fingerprint density at radius 1 is 1.21 bits per heavy atom. The normalized spacial score (nSPS) is 15.7. The minimum Gasteiger partial charge on any atom is -0.346 e. The van der Waals surface area contributed by atoms with E-state index in [4.69, 9.17) is 0 Å². The van der Waals surface area contributed by atoms with E-state index in [-0.39, 0.29) is 5.91 Å². The minimum atomic E-state index is 0.200. The molecule has 0 radical (unpaired) electrons. The molecule has 0 bridgehead atoms. The molecule has 0 spiro atoms. The molecule has 0 unspecified atom stereocenters. The molecule has 2 aromatic rings. The highest BCUT2D eigenvalue weighted by molar-refractivity contribution is 7.13. The SMILES string of the molecule is Cc1csc(N2CCCN(C(=O)Cc3c(C)nn(C)c3C)CC2)n1. The summed E-state index contributed by atoms with van der Waals surface area (Å²) in [4.78, 5) is 21.6. The average molecular weight is 347 g/mol. The molecule has 3 rings (SSSR count). The van der Waals surface area contributed by atoms with Crippen molar-refractivity contribution >= 4 is 22.4 Å². The van der Waals surface area contributed by atoms with Gasteiger partial charge in [0.05, 0.1) is 17.8 Å². The molecule has 2 aromatic heterocycles.